The Morgan fingerprint density at radius 3 is 2.75 bits per heavy atom. The van der Waals surface area contributed by atoms with Crippen LogP contribution in [0.1, 0.15) is 46.0 Å². The first kappa shape index (κ1) is 13.4. The Labute approximate surface area is 99.1 Å². The molecule has 1 rings (SSSR count). The first-order valence-electron chi connectivity index (χ1n) is 6.42. The van der Waals surface area contributed by atoms with E-state index in [-0.39, 0.29) is 5.78 Å². The van der Waals surface area contributed by atoms with Crippen LogP contribution in [-0.4, -0.2) is 19.0 Å². The number of hydrogen-bond acceptors (Lipinski definition) is 2. The molecule has 0 heterocycles. The SMILES string of the molecule is CC(=O)CCCCOCC1CC=CCC1C. The maximum absolute atomic E-state index is 10.7. The van der Waals surface area contributed by atoms with Crippen LogP contribution in [0.3, 0.4) is 0 Å². The van der Waals surface area contributed by atoms with E-state index in [0.29, 0.717) is 12.3 Å². The van der Waals surface area contributed by atoms with E-state index in [9.17, 15) is 4.79 Å². The monoisotopic (exact) mass is 224 g/mol. The number of carbonyl (C=O) groups is 1. The fourth-order valence-corrected chi connectivity index (χ4v) is 2.05. The van der Waals surface area contributed by atoms with Crippen LogP contribution in [0.25, 0.3) is 0 Å². The van der Waals surface area contributed by atoms with Crippen molar-refractivity contribution in [3.8, 4) is 0 Å². The molecule has 0 saturated carbocycles. The number of hydrogen-bond donors (Lipinski definition) is 0. The van der Waals surface area contributed by atoms with Crippen molar-refractivity contribution in [2.24, 2.45) is 11.8 Å². The van der Waals surface area contributed by atoms with Gasteiger partial charge in [-0.05, 0) is 44.4 Å². The van der Waals surface area contributed by atoms with Gasteiger partial charge in [0.2, 0.25) is 0 Å². The zero-order chi connectivity index (χ0) is 11.8. The summed E-state index contributed by atoms with van der Waals surface area (Å²) in [5, 5.41) is 0. The van der Waals surface area contributed by atoms with Gasteiger partial charge in [-0.15, -0.1) is 0 Å². The van der Waals surface area contributed by atoms with Gasteiger partial charge in [0.1, 0.15) is 5.78 Å². The van der Waals surface area contributed by atoms with Gasteiger partial charge in [0, 0.05) is 19.6 Å². The van der Waals surface area contributed by atoms with Crippen LogP contribution in [0.4, 0.5) is 0 Å². The Morgan fingerprint density at radius 1 is 1.31 bits per heavy atom. The molecule has 0 amide bonds. The van der Waals surface area contributed by atoms with Crippen molar-refractivity contribution in [3.05, 3.63) is 12.2 Å². The van der Waals surface area contributed by atoms with Crippen LogP contribution >= 0.6 is 0 Å². The van der Waals surface area contributed by atoms with Gasteiger partial charge in [0.05, 0.1) is 0 Å². The van der Waals surface area contributed by atoms with Crippen molar-refractivity contribution in [2.75, 3.05) is 13.2 Å². The third-order valence-electron chi connectivity index (χ3n) is 3.32. The summed E-state index contributed by atoms with van der Waals surface area (Å²) in [6.45, 7) is 5.63. The molecule has 0 fully saturated rings. The molecule has 0 aromatic rings. The van der Waals surface area contributed by atoms with E-state index in [1.165, 1.54) is 6.42 Å². The van der Waals surface area contributed by atoms with Gasteiger partial charge in [-0.25, -0.2) is 0 Å². The molecule has 0 aliphatic heterocycles. The molecular weight excluding hydrogens is 200 g/mol. The lowest BCUT2D eigenvalue weighted by Gasteiger charge is -2.24. The number of allylic oxidation sites excluding steroid dienone is 2. The summed E-state index contributed by atoms with van der Waals surface area (Å²) in [7, 11) is 0. The minimum absolute atomic E-state index is 0.283. The number of rotatable bonds is 7. The normalized spacial score (nSPS) is 24.6. The van der Waals surface area contributed by atoms with Crippen molar-refractivity contribution in [1.29, 1.82) is 0 Å². The molecular formula is C14H24O2. The number of Topliss-reactive ketones (excluding diaryl/α,β-unsaturated/α-hetero) is 1. The predicted octanol–water partition coefficient (Wildman–Crippen LogP) is 3.36. The lowest BCUT2D eigenvalue weighted by Crippen LogP contribution is -2.19. The number of unbranched alkanes of at least 4 members (excludes halogenated alkanes) is 1. The minimum atomic E-state index is 0.283. The van der Waals surface area contributed by atoms with Gasteiger partial charge < -0.3 is 9.53 Å². The highest BCUT2D eigenvalue weighted by atomic mass is 16.5. The van der Waals surface area contributed by atoms with Gasteiger partial charge in [-0.1, -0.05) is 19.1 Å². The average Bonchev–Trinajstić information content (AvgIpc) is 2.25. The molecule has 0 bridgehead atoms. The number of ketones is 1. The standard InChI is InChI=1S/C14H24O2/c1-12-7-3-4-9-14(12)11-16-10-6-5-8-13(2)15/h3-4,12,14H,5-11H2,1-2H3. The lowest BCUT2D eigenvalue weighted by molar-refractivity contribution is -0.117. The van der Waals surface area contributed by atoms with E-state index in [1.54, 1.807) is 6.92 Å². The highest BCUT2D eigenvalue weighted by Gasteiger charge is 2.17. The first-order valence-corrected chi connectivity index (χ1v) is 6.42. The second kappa shape index (κ2) is 7.61. The van der Waals surface area contributed by atoms with Gasteiger partial charge in [0.15, 0.2) is 0 Å². The highest BCUT2D eigenvalue weighted by molar-refractivity contribution is 5.75. The van der Waals surface area contributed by atoms with Gasteiger partial charge in [-0.3, -0.25) is 0 Å². The van der Waals surface area contributed by atoms with Crippen molar-refractivity contribution in [1.82, 2.24) is 0 Å². The highest BCUT2D eigenvalue weighted by Crippen LogP contribution is 2.24. The summed E-state index contributed by atoms with van der Waals surface area (Å²) >= 11 is 0. The maximum atomic E-state index is 10.7. The molecule has 0 spiro atoms. The second-order valence-electron chi connectivity index (χ2n) is 4.91. The summed E-state index contributed by atoms with van der Waals surface area (Å²) < 4.78 is 5.68. The zero-order valence-corrected chi connectivity index (χ0v) is 10.6. The molecule has 0 aromatic carbocycles. The summed E-state index contributed by atoms with van der Waals surface area (Å²) in [4.78, 5) is 10.7. The van der Waals surface area contributed by atoms with E-state index in [2.05, 4.69) is 19.1 Å². The molecule has 1 aliphatic rings. The molecule has 0 radical (unpaired) electrons. The van der Waals surface area contributed by atoms with Gasteiger partial charge in [-0.2, -0.15) is 0 Å². The Morgan fingerprint density at radius 2 is 2.06 bits per heavy atom. The molecule has 0 saturated heterocycles. The summed E-state index contributed by atoms with van der Waals surface area (Å²) in [6.07, 6.45) is 9.57. The average molecular weight is 224 g/mol. The number of carbonyl (C=O) groups excluding carboxylic acids is 1. The Hall–Kier alpha value is -0.630. The zero-order valence-electron chi connectivity index (χ0n) is 10.6. The van der Waals surface area contributed by atoms with Crippen LogP contribution < -0.4 is 0 Å². The van der Waals surface area contributed by atoms with Crippen LogP contribution in [0.2, 0.25) is 0 Å². The lowest BCUT2D eigenvalue weighted by atomic mass is 9.85. The maximum Gasteiger partial charge on any atom is 0.129 e. The Kier molecular flexibility index (Phi) is 6.39. The van der Waals surface area contributed by atoms with Crippen LogP contribution in [0.15, 0.2) is 12.2 Å². The fraction of sp³-hybridized carbons (Fsp3) is 0.786. The number of ether oxygens (including phenoxy) is 1. The summed E-state index contributed by atoms with van der Waals surface area (Å²) in [6, 6.07) is 0. The topological polar surface area (TPSA) is 26.3 Å². The molecule has 2 atom stereocenters. The molecule has 2 nitrogen and oxygen atoms in total. The van der Waals surface area contributed by atoms with Gasteiger partial charge >= 0.3 is 0 Å². The second-order valence-corrected chi connectivity index (χ2v) is 4.91. The van der Waals surface area contributed by atoms with Crippen LogP contribution in [-0.2, 0) is 9.53 Å². The van der Waals surface area contributed by atoms with Crippen molar-refractivity contribution in [2.45, 2.75) is 46.0 Å². The smallest absolute Gasteiger partial charge is 0.129 e. The van der Waals surface area contributed by atoms with Crippen molar-refractivity contribution >= 4 is 5.78 Å². The largest absolute Gasteiger partial charge is 0.381 e. The molecule has 2 heteroatoms. The molecule has 0 N–H and O–H groups in total. The predicted molar refractivity (Wildman–Crippen MR) is 66.4 cm³/mol. The molecule has 1 aliphatic carbocycles. The van der Waals surface area contributed by atoms with E-state index >= 15 is 0 Å². The van der Waals surface area contributed by atoms with E-state index in [0.717, 1.165) is 38.4 Å². The third kappa shape index (κ3) is 5.45. The van der Waals surface area contributed by atoms with E-state index < -0.39 is 0 Å². The molecule has 2 unspecified atom stereocenters. The third-order valence-corrected chi connectivity index (χ3v) is 3.32. The Bertz CT molecular complexity index is 233. The van der Waals surface area contributed by atoms with Crippen LogP contribution in [0.5, 0.6) is 0 Å². The molecule has 92 valence electrons. The van der Waals surface area contributed by atoms with Crippen molar-refractivity contribution < 1.29 is 9.53 Å². The Balaban J connectivity index is 1.98. The summed E-state index contributed by atoms with van der Waals surface area (Å²) in [5.74, 6) is 1.73. The fourth-order valence-electron chi connectivity index (χ4n) is 2.05. The van der Waals surface area contributed by atoms with E-state index in [1.807, 2.05) is 0 Å². The summed E-state index contributed by atoms with van der Waals surface area (Å²) in [5.41, 5.74) is 0. The van der Waals surface area contributed by atoms with Crippen molar-refractivity contribution in [3.63, 3.8) is 0 Å². The first-order chi connectivity index (χ1) is 7.70. The molecule has 16 heavy (non-hydrogen) atoms. The minimum Gasteiger partial charge on any atom is -0.381 e. The molecule has 0 aromatic heterocycles. The quantitative estimate of drug-likeness (QED) is 0.489. The van der Waals surface area contributed by atoms with Gasteiger partial charge in [0.25, 0.3) is 0 Å². The van der Waals surface area contributed by atoms with E-state index in [4.69, 9.17) is 4.74 Å². The van der Waals surface area contributed by atoms with Crippen LogP contribution in [0, 0.1) is 11.8 Å².